The Kier molecular flexibility index (Phi) is 4.55. The van der Waals surface area contributed by atoms with E-state index in [-0.39, 0.29) is 13.0 Å². The quantitative estimate of drug-likeness (QED) is 0.831. The van der Waals surface area contributed by atoms with Gasteiger partial charge in [0.15, 0.2) is 5.76 Å². The van der Waals surface area contributed by atoms with Gasteiger partial charge in [-0.25, -0.2) is 8.42 Å². The van der Waals surface area contributed by atoms with Crippen LogP contribution in [0.1, 0.15) is 36.2 Å². The number of carbonyl (C=O) groups is 1. The van der Waals surface area contributed by atoms with Crippen LogP contribution < -0.4 is 0 Å². The summed E-state index contributed by atoms with van der Waals surface area (Å²) in [6.07, 6.45) is -2.31. The van der Waals surface area contributed by atoms with Crippen molar-refractivity contribution in [3.8, 4) is 0 Å². The van der Waals surface area contributed by atoms with Crippen LogP contribution in [0.4, 0.5) is 13.2 Å². The summed E-state index contributed by atoms with van der Waals surface area (Å²) in [4.78, 5) is 13.0. The number of furan rings is 1. The van der Waals surface area contributed by atoms with E-state index in [2.05, 4.69) is 0 Å². The maximum Gasteiger partial charge on any atom is 0.408 e. The van der Waals surface area contributed by atoms with Gasteiger partial charge < -0.3 is 9.32 Å². The lowest BCUT2D eigenvalue weighted by Gasteiger charge is -2.30. The predicted molar refractivity (Wildman–Crippen MR) is 71.2 cm³/mol. The summed E-state index contributed by atoms with van der Waals surface area (Å²) < 4.78 is 66.9. The van der Waals surface area contributed by atoms with Gasteiger partial charge in [-0.3, -0.25) is 4.79 Å². The molecule has 1 aliphatic heterocycles. The van der Waals surface area contributed by atoms with Gasteiger partial charge in [-0.2, -0.15) is 13.2 Å². The molecule has 0 N–H and O–H groups in total. The highest BCUT2D eigenvalue weighted by Crippen LogP contribution is 2.32. The molecule has 1 aromatic rings. The number of nitrogens with zero attached hydrogens (tertiary/aromatic N) is 1. The van der Waals surface area contributed by atoms with E-state index in [1.807, 2.05) is 0 Å². The van der Waals surface area contributed by atoms with Crippen LogP contribution in [0.2, 0.25) is 0 Å². The molecule has 5 nitrogen and oxygen atoms in total. The molecule has 1 fully saturated rings. The fourth-order valence-corrected chi connectivity index (χ4v) is 3.02. The Morgan fingerprint density at radius 1 is 1.27 bits per heavy atom. The van der Waals surface area contributed by atoms with Crippen molar-refractivity contribution in [2.75, 3.05) is 12.8 Å². The number of halogens is 3. The van der Waals surface area contributed by atoms with Gasteiger partial charge in [0.2, 0.25) is 14.9 Å². The molecular formula is C13H16F3NO4S. The molecular weight excluding hydrogens is 323 g/mol. The van der Waals surface area contributed by atoms with Gasteiger partial charge in [0.05, 0.1) is 0 Å². The van der Waals surface area contributed by atoms with Crippen LogP contribution in [0.3, 0.4) is 0 Å². The molecule has 2 heterocycles. The second-order valence-corrected chi connectivity index (χ2v) is 7.24. The second-order valence-electron chi connectivity index (χ2n) is 5.30. The van der Waals surface area contributed by atoms with E-state index < -0.39 is 38.8 Å². The number of hydrogen-bond donors (Lipinski definition) is 0. The van der Waals surface area contributed by atoms with Crippen molar-refractivity contribution in [2.45, 2.75) is 43.0 Å². The van der Waals surface area contributed by atoms with E-state index in [9.17, 15) is 26.4 Å². The number of hydrogen-bond acceptors (Lipinski definition) is 4. The molecule has 22 heavy (non-hydrogen) atoms. The molecule has 1 unspecified atom stereocenters. The zero-order valence-corrected chi connectivity index (χ0v) is 12.7. The Labute approximate surface area is 126 Å². The Hall–Kier alpha value is -1.51. The highest BCUT2D eigenvalue weighted by molar-refractivity contribution is 7.90. The van der Waals surface area contributed by atoms with E-state index in [1.54, 1.807) is 0 Å². The van der Waals surface area contributed by atoms with Crippen LogP contribution in [0.5, 0.6) is 0 Å². The number of carbonyl (C=O) groups excluding carboxylic acids is 1. The maximum atomic E-state index is 13.1. The van der Waals surface area contributed by atoms with Gasteiger partial charge in [-0.05, 0) is 25.0 Å². The molecule has 0 aromatic carbocycles. The third-order valence-electron chi connectivity index (χ3n) is 3.55. The SMILES string of the molecule is CS(=O)(=O)c1ccc(C(=O)N2CCCCCC2C(F)(F)F)o1. The summed E-state index contributed by atoms with van der Waals surface area (Å²) >= 11 is 0. The Balaban J connectivity index is 2.30. The van der Waals surface area contributed by atoms with Crippen LogP contribution in [-0.4, -0.2) is 44.2 Å². The minimum atomic E-state index is -4.52. The first-order valence-electron chi connectivity index (χ1n) is 6.78. The fourth-order valence-electron chi connectivity index (χ4n) is 2.47. The number of likely N-dealkylation sites (tertiary alicyclic amines) is 1. The van der Waals surface area contributed by atoms with Crippen molar-refractivity contribution in [1.29, 1.82) is 0 Å². The van der Waals surface area contributed by atoms with E-state index >= 15 is 0 Å². The summed E-state index contributed by atoms with van der Waals surface area (Å²) in [5.74, 6) is -1.32. The lowest BCUT2D eigenvalue weighted by molar-refractivity contribution is -0.177. The Morgan fingerprint density at radius 2 is 1.95 bits per heavy atom. The van der Waals surface area contributed by atoms with Crippen LogP contribution in [-0.2, 0) is 9.84 Å². The van der Waals surface area contributed by atoms with E-state index in [0.29, 0.717) is 19.3 Å². The lowest BCUT2D eigenvalue weighted by Crippen LogP contribution is -2.48. The van der Waals surface area contributed by atoms with Crippen molar-refractivity contribution in [3.63, 3.8) is 0 Å². The number of sulfone groups is 1. The van der Waals surface area contributed by atoms with Crippen molar-refractivity contribution in [3.05, 3.63) is 17.9 Å². The van der Waals surface area contributed by atoms with Gasteiger partial charge in [-0.15, -0.1) is 0 Å². The largest absolute Gasteiger partial charge is 0.440 e. The molecule has 0 spiro atoms. The summed E-state index contributed by atoms with van der Waals surface area (Å²) in [7, 11) is -3.65. The molecule has 0 saturated carbocycles. The average molecular weight is 339 g/mol. The molecule has 124 valence electrons. The topological polar surface area (TPSA) is 67.6 Å². The molecule has 2 rings (SSSR count). The molecule has 1 amide bonds. The molecule has 1 saturated heterocycles. The van der Waals surface area contributed by atoms with Gasteiger partial charge >= 0.3 is 6.18 Å². The van der Waals surface area contributed by atoms with Gasteiger partial charge in [0.1, 0.15) is 6.04 Å². The molecule has 1 atom stereocenters. The van der Waals surface area contributed by atoms with Crippen LogP contribution >= 0.6 is 0 Å². The normalized spacial score (nSPS) is 20.7. The zero-order valence-electron chi connectivity index (χ0n) is 11.9. The first kappa shape index (κ1) is 16.9. The second kappa shape index (κ2) is 5.94. The molecule has 9 heteroatoms. The maximum absolute atomic E-state index is 13.1. The minimum absolute atomic E-state index is 0.0298. The zero-order chi connectivity index (χ0) is 16.5. The summed E-state index contributed by atoms with van der Waals surface area (Å²) in [5.41, 5.74) is 0. The van der Waals surface area contributed by atoms with Gasteiger partial charge in [0, 0.05) is 12.8 Å². The summed E-state index contributed by atoms with van der Waals surface area (Å²) in [6, 6.07) is 0.300. The van der Waals surface area contributed by atoms with Crippen molar-refractivity contribution in [1.82, 2.24) is 4.90 Å². The number of amides is 1. The van der Waals surface area contributed by atoms with Crippen molar-refractivity contribution in [2.24, 2.45) is 0 Å². The van der Waals surface area contributed by atoms with E-state index in [1.165, 1.54) is 0 Å². The van der Waals surface area contributed by atoms with Crippen LogP contribution in [0.15, 0.2) is 21.6 Å². The Bertz CT molecular complexity index is 650. The third-order valence-corrected chi connectivity index (χ3v) is 4.50. The predicted octanol–water partition coefficient (Wildman–Crippen LogP) is 2.63. The molecule has 1 aromatic heterocycles. The fraction of sp³-hybridized carbons (Fsp3) is 0.615. The molecule has 0 aliphatic carbocycles. The number of alkyl halides is 3. The summed E-state index contributed by atoms with van der Waals surface area (Å²) in [6.45, 7) is -0.0298. The lowest BCUT2D eigenvalue weighted by atomic mass is 10.1. The monoisotopic (exact) mass is 339 g/mol. The molecule has 0 bridgehead atoms. The van der Waals surface area contributed by atoms with Gasteiger partial charge in [-0.1, -0.05) is 12.8 Å². The molecule has 0 radical (unpaired) electrons. The van der Waals surface area contributed by atoms with Crippen molar-refractivity contribution >= 4 is 15.7 Å². The first-order valence-corrected chi connectivity index (χ1v) is 8.67. The minimum Gasteiger partial charge on any atom is -0.440 e. The summed E-state index contributed by atoms with van der Waals surface area (Å²) in [5, 5.41) is -0.436. The highest BCUT2D eigenvalue weighted by atomic mass is 32.2. The van der Waals surface area contributed by atoms with E-state index in [4.69, 9.17) is 4.42 Å². The smallest absolute Gasteiger partial charge is 0.408 e. The van der Waals surface area contributed by atoms with E-state index in [0.717, 1.165) is 23.3 Å². The molecule has 1 aliphatic rings. The number of rotatable bonds is 2. The van der Waals surface area contributed by atoms with Crippen LogP contribution in [0.25, 0.3) is 0 Å². The average Bonchev–Trinajstić information content (AvgIpc) is 2.74. The standard InChI is InChI=1S/C13H16F3NO4S/c1-22(19,20)11-7-6-9(21-11)12(18)17-8-4-2-3-5-10(17)13(14,15)16/h6-7,10H,2-5,8H2,1H3. The van der Waals surface area contributed by atoms with Crippen molar-refractivity contribution < 1.29 is 30.8 Å². The van der Waals surface area contributed by atoms with Crippen LogP contribution in [0, 0.1) is 0 Å². The Morgan fingerprint density at radius 3 is 2.50 bits per heavy atom. The first-order chi connectivity index (χ1) is 10.1. The highest BCUT2D eigenvalue weighted by Gasteiger charge is 2.46. The van der Waals surface area contributed by atoms with Gasteiger partial charge in [0.25, 0.3) is 5.91 Å². The third kappa shape index (κ3) is 3.63.